The first kappa shape index (κ1) is 18.2. The van der Waals surface area contributed by atoms with Gasteiger partial charge < -0.3 is 5.32 Å². The standard InChI is InChI=1S/C18H22N2O3S/c1-3-11-20-24(22,23)17-10-6-9-15(12-17)18(21)19-13-16-8-5-4-7-14(16)2/h4-10,12,20H,3,11,13H2,1-2H3,(H,19,21). The summed E-state index contributed by atoms with van der Waals surface area (Å²) >= 11 is 0. The van der Waals surface area contributed by atoms with E-state index in [0.717, 1.165) is 11.1 Å². The number of carbonyl (C=O) groups excluding carboxylic acids is 1. The number of hydrogen-bond donors (Lipinski definition) is 2. The smallest absolute Gasteiger partial charge is 0.251 e. The Balaban J connectivity index is 2.10. The van der Waals surface area contributed by atoms with Crippen LogP contribution in [-0.4, -0.2) is 20.9 Å². The van der Waals surface area contributed by atoms with Crippen molar-refractivity contribution in [3.8, 4) is 0 Å². The predicted molar refractivity (Wildman–Crippen MR) is 94.3 cm³/mol. The van der Waals surface area contributed by atoms with E-state index in [1.54, 1.807) is 12.1 Å². The van der Waals surface area contributed by atoms with Crippen LogP contribution >= 0.6 is 0 Å². The van der Waals surface area contributed by atoms with Crippen LogP contribution in [-0.2, 0) is 16.6 Å². The Labute approximate surface area is 143 Å². The summed E-state index contributed by atoms with van der Waals surface area (Å²) in [6.07, 6.45) is 0.704. The molecule has 0 aliphatic heterocycles. The molecule has 0 fully saturated rings. The molecule has 0 unspecified atom stereocenters. The fraction of sp³-hybridized carbons (Fsp3) is 0.278. The van der Waals surface area contributed by atoms with Crippen LogP contribution in [0.3, 0.4) is 0 Å². The third kappa shape index (κ3) is 4.66. The normalized spacial score (nSPS) is 11.2. The van der Waals surface area contributed by atoms with Gasteiger partial charge in [-0.3, -0.25) is 4.79 Å². The van der Waals surface area contributed by atoms with Gasteiger partial charge in [-0.25, -0.2) is 13.1 Å². The molecule has 24 heavy (non-hydrogen) atoms. The second-order valence-electron chi connectivity index (χ2n) is 5.53. The van der Waals surface area contributed by atoms with Gasteiger partial charge in [-0.15, -0.1) is 0 Å². The van der Waals surface area contributed by atoms with E-state index in [4.69, 9.17) is 0 Å². The minimum atomic E-state index is -3.58. The van der Waals surface area contributed by atoms with Gasteiger partial charge in [0.1, 0.15) is 0 Å². The second-order valence-corrected chi connectivity index (χ2v) is 7.30. The highest BCUT2D eigenvalue weighted by molar-refractivity contribution is 7.89. The van der Waals surface area contributed by atoms with E-state index < -0.39 is 10.0 Å². The van der Waals surface area contributed by atoms with Gasteiger partial charge >= 0.3 is 0 Å². The van der Waals surface area contributed by atoms with Gasteiger partial charge in [-0.05, 0) is 42.7 Å². The van der Waals surface area contributed by atoms with Crippen LogP contribution in [0.15, 0.2) is 53.4 Å². The number of sulfonamides is 1. The van der Waals surface area contributed by atoms with Crippen molar-refractivity contribution in [2.24, 2.45) is 0 Å². The lowest BCUT2D eigenvalue weighted by Crippen LogP contribution is -2.26. The van der Waals surface area contributed by atoms with Crippen molar-refractivity contribution >= 4 is 15.9 Å². The molecular formula is C18H22N2O3S. The largest absolute Gasteiger partial charge is 0.348 e. The number of carbonyl (C=O) groups is 1. The maximum absolute atomic E-state index is 12.3. The first-order chi connectivity index (χ1) is 11.4. The SMILES string of the molecule is CCCNS(=O)(=O)c1cccc(C(=O)NCc2ccccc2C)c1. The van der Waals surface area contributed by atoms with Crippen molar-refractivity contribution in [2.75, 3.05) is 6.54 Å². The molecule has 128 valence electrons. The van der Waals surface area contributed by atoms with Crippen LogP contribution in [0.1, 0.15) is 34.8 Å². The molecule has 5 nitrogen and oxygen atoms in total. The summed E-state index contributed by atoms with van der Waals surface area (Å²) < 4.78 is 26.8. The molecule has 0 heterocycles. The molecule has 1 amide bonds. The molecule has 0 spiro atoms. The van der Waals surface area contributed by atoms with E-state index in [1.165, 1.54) is 12.1 Å². The zero-order chi connectivity index (χ0) is 17.6. The molecule has 0 saturated heterocycles. The summed E-state index contributed by atoms with van der Waals surface area (Å²) in [7, 11) is -3.58. The molecule has 6 heteroatoms. The van der Waals surface area contributed by atoms with Crippen LogP contribution < -0.4 is 10.0 Å². The van der Waals surface area contributed by atoms with Crippen molar-refractivity contribution in [1.82, 2.24) is 10.0 Å². The fourth-order valence-corrected chi connectivity index (χ4v) is 3.39. The molecule has 0 atom stereocenters. The fourth-order valence-electron chi connectivity index (χ4n) is 2.21. The van der Waals surface area contributed by atoms with Gasteiger partial charge in [0.15, 0.2) is 0 Å². The van der Waals surface area contributed by atoms with Crippen LogP contribution in [0.2, 0.25) is 0 Å². The molecule has 2 aromatic carbocycles. The van der Waals surface area contributed by atoms with Crippen molar-refractivity contribution in [2.45, 2.75) is 31.7 Å². The average Bonchev–Trinajstić information content (AvgIpc) is 2.59. The highest BCUT2D eigenvalue weighted by Gasteiger charge is 2.15. The van der Waals surface area contributed by atoms with E-state index >= 15 is 0 Å². The minimum Gasteiger partial charge on any atom is -0.348 e. The summed E-state index contributed by atoms with van der Waals surface area (Å²) in [6.45, 7) is 4.63. The first-order valence-corrected chi connectivity index (χ1v) is 9.35. The number of benzene rings is 2. The third-order valence-electron chi connectivity index (χ3n) is 3.65. The number of aryl methyl sites for hydroxylation is 1. The topological polar surface area (TPSA) is 75.3 Å². The van der Waals surface area contributed by atoms with Gasteiger partial charge in [0.05, 0.1) is 4.90 Å². The lowest BCUT2D eigenvalue weighted by molar-refractivity contribution is 0.0950. The Kier molecular flexibility index (Phi) is 6.11. The van der Waals surface area contributed by atoms with Crippen LogP contribution in [0, 0.1) is 6.92 Å². The molecule has 0 saturated carbocycles. The number of nitrogens with one attached hydrogen (secondary N) is 2. The predicted octanol–water partition coefficient (Wildman–Crippen LogP) is 2.61. The van der Waals surface area contributed by atoms with Crippen LogP contribution in [0.5, 0.6) is 0 Å². The van der Waals surface area contributed by atoms with Crippen molar-refractivity contribution in [3.63, 3.8) is 0 Å². The number of amides is 1. The quantitative estimate of drug-likeness (QED) is 0.809. The van der Waals surface area contributed by atoms with E-state index in [-0.39, 0.29) is 10.8 Å². The van der Waals surface area contributed by atoms with Gasteiger partial charge in [0.2, 0.25) is 10.0 Å². The lowest BCUT2D eigenvalue weighted by Gasteiger charge is -2.10. The summed E-state index contributed by atoms with van der Waals surface area (Å²) in [5.41, 5.74) is 2.44. The Morgan fingerprint density at radius 2 is 1.83 bits per heavy atom. The first-order valence-electron chi connectivity index (χ1n) is 7.86. The molecule has 0 aliphatic carbocycles. The highest BCUT2D eigenvalue weighted by atomic mass is 32.2. The summed E-state index contributed by atoms with van der Waals surface area (Å²) in [5, 5.41) is 2.82. The van der Waals surface area contributed by atoms with E-state index in [1.807, 2.05) is 38.1 Å². The molecule has 0 bridgehead atoms. The van der Waals surface area contributed by atoms with E-state index in [2.05, 4.69) is 10.0 Å². The average molecular weight is 346 g/mol. The Morgan fingerprint density at radius 3 is 2.54 bits per heavy atom. The Morgan fingerprint density at radius 1 is 1.08 bits per heavy atom. The maximum atomic E-state index is 12.3. The second kappa shape index (κ2) is 8.08. The third-order valence-corrected chi connectivity index (χ3v) is 5.11. The molecule has 2 rings (SSSR count). The molecule has 0 aliphatic rings. The maximum Gasteiger partial charge on any atom is 0.251 e. The minimum absolute atomic E-state index is 0.0968. The number of rotatable bonds is 7. The Bertz CT molecular complexity index is 817. The zero-order valence-electron chi connectivity index (χ0n) is 13.9. The summed E-state index contributed by atoms with van der Waals surface area (Å²) in [4.78, 5) is 12.4. The van der Waals surface area contributed by atoms with Gasteiger partial charge in [-0.2, -0.15) is 0 Å². The molecule has 0 radical (unpaired) electrons. The van der Waals surface area contributed by atoms with Crippen molar-refractivity contribution < 1.29 is 13.2 Å². The van der Waals surface area contributed by atoms with Gasteiger partial charge in [0.25, 0.3) is 5.91 Å². The van der Waals surface area contributed by atoms with Crippen LogP contribution in [0.25, 0.3) is 0 Å². The molecule has 2 aromatic rings. The van der Waals surface area contributed by atoms with Gasteiger partial charge in [0, 0.05) is 18.7 Å². The summed E-state index contributed by atoms with van der Waals surface area (Å²) in [6, 6.07) is 13.8. The highest BCUT2D eigenvalue weighted by Crippen LogP contribution is 2.12. The molecule has 2 N–H and O–H groups in total. The van der Waals surface area contributed by atoms with E-state index in [0.29, 0.717) is 25.1 Å². The lowest BCUT2D eigenvalue weighted by atomic mass is 10.1. The Hall–Kier alpha value is -2.18. The van der Waals surface area contributed by atoms with Crippen molar-refractivity contribution in [3.05, 3.63) is 65.2 Å². The van der Waals surface area contributed by atoms with Crippen molar-refractivity contribution in [1.29, 1.82) is 0 Å². The molecule has 0 aromatic heterocycles. The van der Waals surface area contributed by atoms with Gasteiger partial charge in [-0.1, -0.05) is 37.3 Å². The number of hydrogen-bond acceptors (Lipinski definition) is 3. The van der Waals surface area contributed by atoms with Crippen LogP contribution in [0.4, 0.5) is 0 Å². The molecular weight excluding hydrogens is 324 g/mol. The monoisotopic (exact) mass is 346 g/mol. The zero-order valence-corrected chi connectivity index (χ0v) is 14.7. The summed E-state index contributed by atoms with van der Waals surface area (Å²) in [5.74, 6) is -0.300. The van der Waals surface area contributed by atoms with E-state index in [9.17, 15) is 13.2 Å².